The number of aromatic nitrogens is 1. The first-order chi connectivity index (χ1) is 16.7. The summed E-state index contributed by atoms with van der Waals surface area (Å²) in [5.74, 6) is -0.460. The summed E-state index contributed by atoms with van der Waals surface area (Å²) in [6.07, 6.45) is 0.775. The summed E-state index contributed by atoms with van der Waals surface area (Å²) >= 11 is 0. The highest BCUT2D eigenvalue weighted by molar-refractivity contribution is 5.69. The van der Waals surface area contributed by atoms with Gasteiger partial charge in [-0.15, -0.1) is 0 Å². The summed E-state index contributed by atoms with van der Waals surface area (Å²) in [7, 11) is 0. The van der Waals surface area contributed by atoms with Crippen molar-refractivity contribution in [3.8, 4) is 0 Å². The molecule has 0 saturated carbocycles. The van der Waals surface area contributed by atoms with Gasteiger partial charge in [-0.1, -0.05) is 30.3 Å². The zero-order valence-corrected chi connectivity index (χ0v) is 20.5. The summed E-state index contributed by atoms with van der Waals surface area (Å²) < 4.78 is 26.1. The Labute approximate surface area is 205 Å². The van der Waals surface area contributed by atoms with E-state index in [4.69, 9.17) is 9.47 Å². The first kappa shape index (κ1) is 24.9. The molecule has 1 aromatic heterocycles. The van der Waals surface area contributed by atoms with Crippen LogP contribution in [-0.4, -0.2) is 53.3 Å². The third-order valence-electron chi connectivity index (χ3n) is 6.09. The van der Waals surface area contributed by atoms with Crippen molar-refractivity contribution in [3.05, 3.63) is 64.7 Å². The van der Waals surface area contributed by atoms with Crippen LogP contribution in [0.4, 0.5) is 14.0 Å². The monoisotopic (exact) mass is 484 g/mol. The first-order valence-electron chi connectivity index (χ1n) is 12.1. The Morgan fingerprint density at radius 3 is 2.77 bits per heavy atom. The molecule has 1 fully saturated rings. The second-order valence-corrected chi connectivity index (χ2v) is 10.0. The van der Waals surface area contributed by atoms with Gasteiger partial charge in [-0.2, -0.15) is 0 Å². The van der Waals surface area contributed by atoms with Gasteiger partial charge in [0.05, 0.1) is 6.04 Å². The number of alkyl carbamates (subject to hydrolysis) is 1. The van der Waals surface area contributed by atoms with Gasteiger partial charge in [-0.25, -0.2) is 14.0 Å². The largest absolute Gasteiger partial charge is 0.445 e. The summed E-state index contributed by atoms with van der Waals surface area (Å²) in [4.78, 5) is 31.2. The van der Waals surface area contributed by atoms with E-state index in [1.807, 2.05) is 51.1 Å². The van der Waals surface area contributed by atoms with Crippen molar-refractivity contribution in [1.82, 2.24) is 20.5 Å². The number of hydrogen-bond donors (Lipinski definition) is 2. The molecule has 2 aliphatic rings. The quantitative estimate of drug-likeness (QED) is 0.684. The molecule has 4 rings (SSSR count). The zero-order valence-electron chi connectivity index (χ0n) is 20.5. The van der Waals surface area contributed by atoms with E-state index in [0.717, 1.165) is 16.8 Å². The van der Waals surface area contributed by atoms with Gasteiger partial charge in [0.1, 0.15) is 23.7 Å². The van der Waals surface area contributed by atoms with Crippen LogP contribution in [0.3, 0.4) is 0 Å². The predicted octanol–water partition coefficient (Wildman–Crippen LogP) is 3.89. The Morgan fingerprint density at radius 1 is 1.26 bits per heavy atom. The highest BCUT2D eigenvalue weighted by atomic mass is 19.1. The van der Waals surface area contributed by atoms with Crippen molar-refractivity contribution in [2.75, 3.05) is 19.6 Å². The number of halogens is 1. The van der Waals surface area contributed by atoms with Gasteiger partial charge in [-0.3, -0.25) is 9.88 Å². The summed E-state index contributed by atoms with van der Waals surface area (Å²) in [6, 6.07) is 10.2. The molecular weight excluding hydrogens is 451 g/mol. The van der Waals surface area contributed by atoms with Crippen LogP contribution in [0.15, 0.2) is 36.4 Å². The molecule has 1 saturated heterocycles. The zero-order chi connectivity index (χ0) is 25.0. The molecule has 188 valence electrons. The number of carbonyl (C=O) groups excluding carboxylic acids is 2. The highest BCUT2D eigenvalue weighted by Crippen LogP contribution is 2.29. The molecule has 1 aliphatic heterocycles. The number of fused-ring (bicyclic) bond motifs is 1. The molecule has 2 amide bonds. The van der Waals surface area contributed by atoms with Crippen molar-refractivity contribution in [1.29, 1.82) is 0 Å². The minimum Gasteiger partial charge on any atom is -0.445 e. The van der Waals surface area contributed by atoms with E-state index in [1.165, 1.54) is 6.07 Å². The van der Waals surface area contributed by atoms with Crippen LogP contribution in [-0.2, 0) is 28.9 Å². The number of benzene rings is 1. The topological polar surface area (TPSA) is 92.8 Å². The van der Waals surface area contributed by atoms with Gasteiger partial charge in [0.15, 0.2) is 0 Å². The lowest BCUT2D eigenvalue weighted by atomic mass is 9.91. The fraction of sp³-hybridized carbons (Fsp3) is 0.500. The van der Waals surface area contributed by atoms with Crippen molar-refractivity contribution in [2.24, 2.45) is 0 Å². The second kappa shape index (κ2) is 10.6. The summed E-state index contributed by atoms with van der Waals surface area (Å²) in [5, 5.41) is 6.10. The number of piperazine rings is 1. The van der Waals surface area contributed by atoms with Crippen molar-refractivity contribution in [3.63, 3.8) is 0 Å². The van der Waals surface area contributed by atoms with Crippen molar-refractivity contribution < 1.29 is 23.5 Å². The van der Waals surface area contributed by atoms with E-state index in [2.05, 4.69) is 15.6 Å². The Morgan fingerprint density at radius 2 is 2.03 bits per heavy atom. The minimum absolute atomic E-state index is 0.160. The molecule has 35 heavy (non-hydrogen) atoms. The van der Waals surface area contributed by atoms with Crippen LogP contribution in [0.25, 0.3) is 0 Å². The maximum atomic E-state index is 15.3. The van der Waals surface area contributed by atoms with Gasteiger partial charge in [-0.05, 0) is 57.2 Å². The maximum Gasteiger partial charge on any atom is 0.410 e. The van der Waals surface area contributed by atoms with E-state index in [9.17, 15) is 9.59 Å². The lowest BCUT2D eigenvalue weighted by molar-refractivity contribution is 0.0109. The Hall–Kier alpha value is -3.20. The first-order valence-corrected chi connectivity index (χ1v) is 12.1. The minimum atomic E-state index is -0.640. The molecule has 2 unspecified atom stereocenters. The molecule has 0 radical (unpaired) electrons. The smallest absolute Gasteiger partial charge is 0.410 e. The van der Waals surface area contributed by atoms with Gasteiger partial charge in [0.25, 0.3) is 0 Å². The van der Waals surface area contributed by atoms with Crippen LogP contribution >= 0.6 is 0 Å². The van der Waals surface area contributed by atoms with E-state index in [1.54, 1.807) is 4.90 Å². The summed E-state index contributed by atoms with van der Waals surface area (Å²) in [6.45, 7) is 7.04. The fourth-order valence-corrected chi connectivity index (χ4v) is 4.43. The van der Waals surface area contributed by atoms with Gasteiger partial charge in [0, 0.05) is 31.4 Å². The van der Waals surface area contributed by atoms with Crippen LogP contribution in [0.2, 0.25) is 0 Å². The molecule has 1 aromatic carbocycles. The molecule has 2 atom stereocenters. The van der Waals surface area contributed by atoms with Crippen LogP contribution < -0.4 is 10.6 Å². The fourth-order valence-electron chi connectivity index (χ4n) is 4.43. The lowest BCUT2D eigenvalue weighted by Gasteiger charge is -2.37. The molecule has 8 nitrogen and oxygen atoms in total. The number of aryl methyl sites for hydroxylation is 1. The van der Waals surface area contributed by atoms with E-state index < -0.39 is 29.6 Å². The normalized spacial score (nSPS) is 20.1. The molecular formula is C26H33FN4O4. The number of rotatable bonds is 4. The van der Waals surface area contributed by atoms with Gasteiger partial charge >= 0.3 is 12.2 Å². The molecule has 9 heteroatoms. The molecule has 0 spiro atoms. The third-order valence-corrected chi connectivity index (χ3v) is 6.09. The van der Waals surface area contributed by atoms with E-state index in [-0.39, 0.29) is 18.3 Å². The number of nitrogens with zero attached hydrogens (tertiary/aromatic N) is 2. The molecule has 1 aliphatic carbocycles. The predicted molar refractivity (Wildman–Crippen MR) is 128 cm³/mol. The second-order valence-electron chi connectivity index (χ2n) is 10.0. The standard InChI is InChI=1S/C26H33FN4O4/c1-26(2,3)35-25(33)31-12-11-28-15-22(31)23-20(27)14-18-13-19(9-10-21(18)30-23)29-24(32)34-16-17-7-5-4-6-8-17/h4-8,14,19,22,28H,9-13,15-16H2,1-3H3,(H,29,32). The average molecular weight is 485 g/mol. The Bertz CT molecular complexity index is 1060. The molecule has 2 aromatic rings. The van der Waals surface area contributed by atoms with E-state index in [0.29, 0.717) is 38.9 Å². The lowest BCUT2D eigenvalue weighted by Crippen LogP contribution is -2.50. The molecule has 0 bridgehead atoms. The van der Waals surface area contributed by atoms with Gasteiger partial charge < -0.3 is 20.1 Å². The van der Waals surface area contributed by atoms with Crippen LogP contribution in [0, 0.1) is 5.82 Å². The Kier molecular flexibility index (Phi) is 7.54. The number of pyridine rings is 1. The number of amides is 2. The van der Waals surface area contributed by atoms with Gasteiger partial charge in [0.2, 0.25) is 0 Å². The van der Waals surface area contributed by atoms with Crippen molar-refractivity contribution >= 4 is 12.2 Å². The van der Waals surface area contributed by atoms with E-state index >= 15 is 4.39 Å². The SMILES string of the molecule is CC(C)(C)OC(=O)N1CCNCC1c1nc2c(cc1F)CC(NC(=O)OCc1ccccc1)CC2. The van der Waals surface area contributed by atoms with Crippen molar-refractivity contribution in [2.45, 2.75) is 64.3 Å². The number of hydrogen-bond acceptors (Lipinski definition) is 6. The molecule has 2 heterocycles. The number of ether oxygens (including phenoxy) is 2. The average Bonchev–Trinajstić information content (AvgIpc) is 2.82. The number of nitrogens with one attached hydrogen (secondary N) is 2. The third kappa shape index (κ3) is 6.48. The summed E-state index contributed by atoms with van der Waals surface area (Å²) in [5.41, 5.74) is 2.08. The molecule has 2 N–H and O–H groups in total. The Balaban J connectivity index is 1.41. The van der Waals surface area contributed by atoms with Crippen LogP contribution in [0.1, 0.15) is 55.7 Å². The maximum absolute atomic E-state index is 15.3. The van der Waals surface area contributed by atoms with Crippen LogP contribution in [0.5, 0.6) is 0 Å². The highest BCUT2D eigenvalue weighted by Gasteiger charge is 2.35. The number of carbonyl (C=O) groups is 2.